The summed E-state index contributed by atoms with van der Waals surface area (Å²) in [6.45, 7) is 2.01. The first-order chi connectivity index (χ1) is 7.26. The van der Waals surface area contributed by atoms with Gasteiger partial charge in [0.15, 0.2) is 6.29 Å². The Morgan fingerprint density at radius 3 is 2.60 bits per heavy atom. The van der Waals surface area contributed by atoms with E-state index in [1.165, 1.54) is 0 Å². The van der Waals surface area contributed by atoms with Crippen molar-refractivity contribution in [2.45, 2.75) is 6.92 Å². The second kappa shape index (κ2) is 3.73. The van der Waals surface area contributed by atoms with Crippen molar-refractivity contribution in [3.63, 3.8) is 0 Å². The van der Waals surface area contributed by atoms with Gasteiger partial charge in [0, 0.05) is 0 Å². The van der Waals surface area contributed by atoms with Crippen molar-refractivity contribution in [3.05, 3.63) is 41.5 Å². The molecule has 0 aromatic heterocycles. The molecule has 0 radical (unpaired) electrons. The fraction of sp³-hybridized carbons (Fsp3) is 0.154. The van der Waals surface area contributed by atoms with Crippen LogP contribution in [0.1, 0.15) is 15.9 Å². The van der Waals surface area contributed by atoms with Crippen molar-refractivity contribution in [3.8, 4) is 5.75 Å². The fourth-order valence-corrected chi connectivity index (χ4v) is 1.74. The van der Waals surface area contributed by atoms with Gasteiger partial charge in [-0.05, 0) is 23.8 Å². The van der Waals surface area contributed by atoms with Gasteiger partial charge < -0.3 is 4.74 Å². The highest BCUT2D eigenvalue weighted by atomic mass is 16.5. The molecule has 0 heterocycles. The Kier molecular flexibility index (Phi) is 2.42. The van der Waals surface area contributed by atoms with E-state index in [-0.39, 0.29) is 0 Å². The zero-order valence-electron chi connectivity index (χ0n) is 8.78. The highest BCUT2D eigenvalue weighted by molar-refractivity contribution is 6.01. The molecule has 0 saturated heterocycles. The smallest absolute Gasteiger partial charge is 0.154 e. The lowest BCUT2D eigenvalue weighted by atomic mass is 10.0. The van der Waals surface area contributed by atoms with Crippen LogP contribution in [0, 0.1) is 6.92 Å². The third kappa shape index (κ3) is 1.59. The molecular weight excluding hydrogens is 188 g/mol. The molecule has 2 rings (SSSR count). The predicted molar refractivity (Wildman–Crippen MR) is 60.6 cm³/mol. The Balaban J connectivity index is 2.84. The molecule has 0 aliphatic rings. The molecular formula is C13H12O2. The van der Waals surface area contributed by atoms with Crippen LogP contribution in [-0.2, 0) is 0 Å². The maximum absolute atomic E-state index is 11.0. The summed E-state index contributed by atoms with van der Waals surface area (Å²) in [6, 6.07) is 9.82. The molecule has 0 atom stereocenters. The predicted octanol–water partition coefficient (Wildman–Crippen LogP) is 2.97. The van der Waals surface area contributed by atoms with Gasteiger partial charge in [-0.15, -0.1) is 0 Å². The number of aryl methyl sites for hydroxylation is 1. The molecule has 0 aliphatic carbocycles. The van der Waals surface area contributed by atoms with E-state index < -0.39 is 0 Å². The topological polar surface area (TPSA) is 26.3 Å². The van der Waals surface area contributed by atoms with Crippen molar-refractivity contribution in [2.24, 2.45) is 0 Å². The van der Waals surface area contributed by atoms with E-state index in [4.69, 9.17) is 4.74 Å². The van der Waals surface area contributed by atoms with Crippen molar-refractivity contribution in [1.29, 1.82) is 0 Å². The molecule has 0 spiro atoms. The highest BCUT2D eigenvalue weighted by Gasteiger charge is 2.06. The first-order valence-corrected chi connectivity index (χ1v) is 4.79. The SMILES string of the molecule is COc1ccc2ccc(C)cc2c1C=O. The monoisotopic (exact) mass is 200 g/mol. The standard InChI is InChI=1S/C13H12O2/c1-9-3-4-10-5-6-13(15-2)12(8-14)11(10)7-9/h3-8H,1-2H3. The van der Waals surface area contributed by atoms with Crippen LogP contribution in [0.5, 0.6) is 5.75 Å². The van der Waals surface area contributed by atoms with E-state index in [9.17, 15) is 4.79 Å². The molecule has 15 heavy (non-hydrogen) atoms. The van der Waals surface area contributed by atoms with E-state index >= 15 is 0 Å². The number of methoxy groups -OCH3 is 1. The number of carbonyl (C=O) groups excluding carboxylic acids is 1. The van der Waals surface area contributed by atoms with E-state index in [2.05, 4.69) is 0 Å². The summed E-state index contributed by atoms with van der Waals surface area (Å²) in [6.07, 6.45) is 0.848. The zero-order valence-corrected chi connectivity index (χ0v) is 8.78. The first-order valence-electron chi connectivity index (χ1n) is 4.79. The van der Waals surface area contributed by atoms with Crippen LogP contribution in [0.2, 0.25) is 0 Å². The summed E-state index contributed by atoms with van der Waals surface area (Å²) < 4.78 is 5.15. The van der Waals surface area contributed by atoms with Crippen LogP contribution in [0.4, 0.5) is 0 Å². The minimum atomic E-state index is 0.624. The fourth-order valence-electron chi connectivity index (χ4n) is 1.74. The lowest BCUT2D eigenvalue weighted by molar-refractivity contribution is 0.112. The quantitative estimate of drug-likeness (QED) is 0.696. The molecule has 2 aromatic rings. The number of rotatable bonds is 2. The first kappa shape index (κ1) is 9.71. The number of ether oxygens (including phenoxy) is 1. The van der Waals surface area contributed by atoms with Crippen molar-refractivity contribution < 1.29 is 9.53 Å². The normalized spacial score (nSPS) is 10.3. The van der Waals surface area contributed by atoms with E-state index in [0.29, 0.717) is 11.3 Å². The van der Waals surface area contributed by atoms with Gasteiger partial charge in [-0.25, -0.2) is 0 Å². The Morgan fingerprint density at radius 1 is 1.20 bits per heavy atom. The van der Waals surface area contributed by atoms with Crippen molar-refractivity contribution >= 4 is 17.1 Å². The summed E-state index contributed by atoms with van der Waals surface area (Å²) in [5.74, 6) is 0.628. The van der Waals surface area contributed by atoms with E-state index in [0.717, 1.165) is 22.6 Å². The molecule has 0 aliphatic heterocycles. The van der Waals surface area contributed by atoms with Crippen LogP contribution in [0.25, 0.3) is 10.8 Å². The van der Waals surface area contributed by atoms with Gasteiger partial charge in [0.1, 0.15) is 5.75 Å². The number of hydrogen-bond donors (Lipinski definition) is 0. The molecule has 0 bridgehead atoms. The van der Waals surface area contributed by atoms with E-state index in [1.807, 2.05) is 37.3 Å². The summed E-state index contributed by atoms with van der Waals surface area (Å²) in [4.78, 5) is 11.0. The number of hydrogen-bond acceptors (Lipinski definition) is 2. The van der Waals surface area contributed by atoms with Gasteiger partial charge in [0.25, 0.3) is 0 Å². The van der Waals surface area contributed by atoms with Crippen molar-refractivity contribution in [2.75, 3.05) is 7.11 Å². The van der Waals surface area contributed by atoms with Gasteiger partial charge >= 0.3 is 0 Å². The zero-order chi connectivity index (χ0) is 10.8. The number of aldehydes is 1. The molecule has 2 aromatic carbocycles. The third-order valence-corrected chi connectivity index (χ3v) is 2.52. The minimum Gasteiger partial charge on any atom is -0.496 e. The maximum atomic E-state index is 11.0. The average Bonchev–Trinajstić information content (AvgIpc) is 2.27. The molecule has 76 valence electrons. The maximum Gasteiger partial charge on any atom is 0.154 e. The van der Waals surface area contributed by atoms with Gasteiger partial charge in [0.05, 0.1) is 12.7 Å². The van der Waals surface area contributed by atoms with Gasteiger partial charge in [-0.2, -0.15) is 0 Å². The van der Waals surface area contributed by atoms with Crippen molar-refractivity contribution in [1.82, 2.24) is 0 Å². The molecule has 0 amide bonds. The van der Waals surface area contributed by atoms with Crippen LogP contribution in [0.15, 0.2) is 30.3 Å². The molecule has 2 nitrogen and oxygen atoms in total. The summed E-state index contributed by atoms with van der Waals surface area (Å²) in [5, 5.41) is 2.01. The number of carbonyl (C=O) groups is 1. The van der Waals surface area contributed by atoms with E-state index in [1.54, 1.807) is 7.11 Å². The Hall–Kier alpha value is -1.83. The van der Waals surface area contributed by atoms with Crippen LogP contribution in [0.3, 0.4) is 0 Å². The lowest BCUT2D eigenvalue weighted by Crippen LogP contribution is -1.92. The molecule has 0 N–H and O–H groups in total. The Bertz CT molecular complexity index is 515. The third-order valence-electron chi connectivity index (χ3n) is 2.52. The minimum absolute atomic E-state index is 0.624. The number of fused-ring (bicyclic) bond motifs is 1. The van der Waals surface area contributed by atoms with Gasteiger partial charge in [-0.1, -0.05) is 29.8 Å². The molecule has 2 heteroatoms. The highest BCUT2D eigenvalue weighted by Crippen LogP contribution is 2.27. The summed E-state index contributed by atoms with van der Waals surface area (Å²) in [7, 11) is 1.57. The van der Waals surface area contributed by atoms with Crippen LogP contribution >= 0.6 is 0 Å². The average molecular weight is 200 g/mol. The van der Waals surface area contributed by atoms with Crippen LogP contribution in [-0.4, -0.2) is 13.4 Å². The second-order valence-electron chi connectivity index (χ2n) is 3.52. The molecule has 0 unspecified atom stereocenters. The lowest BCUT2D eigenvalue weighted by Gasteiger charge is -2.07. The summed E-state index contributed by atoms with van der Waals surface area (Å²) >= 11 is 0. The van der Waals surface area contributed by atoms with Gasteiger partial charge in [0.2, 0.25) is 0 Å². The Morgan fingerprint density at radius 2 is 1.93 bits per heavy atom. The van der Waals surface area contributed by atoms with Crippen LogP contribution < -0.4 is 4.74 Å². The number of benzene rings is 2. The molecule has 0 fully saturated rings. The molecule has 0 saturated carbocycles. The Labute approximate surface area is 88.5 Å². The second-order valence-corrected chi connectivity index (χ2v) is 3.52. The van der Waals surface area contributed by atoms with Gasteiger partial charge in [-0.3, -0.25) is 4.79 Å². The summed E-state index contributed by atoms with van der Waals surface area (Å²) in [5.41, 5.74) is 1.76. The largest absolute Gasteiger partial charge is 0.496 e.